The van der Waals surface area contributed by atoms with Gasteiger partial charge in [-0.3, -0.25) is 0 Å². The molecule has 0 amide bonds. The number of H-pyrrole nitrogens is 1. The molecule has 0 radical (unpaired) electrons. The minimum absolute atomic E-state index is 0.0926. The normalized spacial score (nSPS) is 18.3. The second-order valence-electron chi connectivity index (χ2n) is 5.30. The molecule has 4 rings (SSSR count). The Morgan fingerprint density at radius 2 is 2.26 bits per heavy atom. The average Bonchev–Trinajstić information content (AvgIpc) is 3.10. The van der Waals surface area contributed by atoms with Gasteiger partial charge in [0, 0.05) is 13.6 Å². The third-order valence-corrected chi connectivity index (χ3v) is 3.93. The fourth-order valence-electron chi connectivity index (χ4n) is 2.78. The van der Waals surface area contributed by atoms with Gasteiger partial charge in [0.05, 0.1) is 25.2 Å². The van der Waals surface area contributed by atoms with E-state index < -0.39 is 0 Å². The maximum absolute atomic E-state index is 5.91. The molecule has 0 spiro atoms. The molecule has 1 unspecified atom stereocenters. The predicted molar refractivity (Wildman–Crippen MR) is 86.4 cm³/mol. The first-order chi connectivity index (χ1) is 11.3. The number of anilines is 2. The molecule has 1 aliphatic rings. The second-order valence-corrected chi connectivity index (χ2v) is 5.30. The van der Waals surface area contributed by atoms with Gasteiger partial charge >= 0.3 is 0 Å². The van der Waals surface area contributed by atoms with Crippen LogP contribution < -0.4 is 10.2 Å². The summed E-state index contributed by atoms with van der Waals surface area (Å²) in [4.78, 5) is 22.7. The van der Waals surface area contributed by atoms with E-state index in [1.807, 2.05) is 25.2 Å². The number of morpholine rings is 1. The van der Waals surface area contributed by atoms with Crippen LogP contribution in [0.2, 0.25) is 0 Å². The molecule has 8 heteroatoms. The Morgan fingerprint density at radius 3 is 3.17 bits per heavy atom. The molecule has 1 atom stereocenters. The molecule has 0 aromatic carbocycles. The minimum atomic E-state index is -0.0926. The number of nitrogens with one attached hydrogen (secondary N) is 2. The first-order valence-electron chi connectivity index (χ1n) is 7.50. The van der Waals surface area contributed by atoms with Crippen LogP contribution in [0.3, 0.4) is 0 Å². The van der Waals surface area contributed by atoms with Gasteiger partial charge in [0.1, 0.15) is 23.8 Å². The lowest BCUT2D eigenvalue weighted by atomic mass is 10.2. The van der Waals surface area contributed by atoms with Crippen LogP contribution in [-0.4, -0.2) is 51.7 Å². The summed E-state index contributed by atoms with van der Waals surface area (Å²) < 4.78 is 5.91. The van der Waals surface area contributed by atoms with Gasteiger partial charge in [-0.05, 0) is 12.1 Å². The van der Waals surface area contributed by atoms with Crippen molar-refractivity contribution in [3.8, 4) is 0 Å². The third kappa shape index (κ3) is 2.57. The zero-order chi connectivity index (χ0) is 15.6. The van der Waals surface area contributed by atoms with Gasteiger partial charge in [0.2, 0.25) is 0 Å². The SMILES string of the molecule is CNc1cccc(C2CN(c3ncnc4nc[nH]c34)CCO2)n1. The summed E-state index contributed by atoms with van der Waals surface area (Å²) >= 11 is 0. The van der Waals surface area contributed by atoms with Gasteiger partial charge < -0.3 is 19.9 Å². The van der Waals surface area contributed by atoms with Crippen LogP contribution in [-0.2, 0) is 4.74 Å². The number of nitrogens with zero attached hydrogens (tertiary/aromatic N) is 5. The first kappa shape index (κ1) is 13.9. The number of hydrogen-bond acceptors (Lipinski definition) is 7. The molecule has 1 aliphatic heterocycles. The van der Waals surface area contributed by atoms with E-state index in [4.69, 9.17) is 4.74 Å². The Morgan fingerprint density at radius 1 is 1.30 bits per heavy atom. The van der Waals surface area contributed by atoms with Crippen molar-refractivity contribution in [2.45, 2.75) is 6.10 Å². The highest BCUT2D eigenvalue weighted by Gasteiger charge is 2.25. The van der Waals surface area contributed by atoms with Crippen LogP contribution in [0.15, 0.2) is 30.9 Å². The Labute approximate surface area is 133 Å². The third-order valence-electron chi connectivity index (χ3n) is 3.93. The Bertz CT molecular complexity index is 818. The van der Waals surface area contributed by atoms with E-state index in [2.05, 4.69) is 35.1 Å². The molecule has 1 fully saturated rings. The second kappa shape index (κ2) is 5.81. The van der Waals surface area contributed by atoms with Gasteiger partial charge in [-0.25, -0.2) is 19.9 Å². The van der Waals surface area contributed by atoms with Gasteiger partial charge in [-0.2, -0.15) is 0 Å². The maximum atomic E-state index is 5.91. The lowest BCUT2D eigenvalue weighted by molar-refractivity contribution is 0.0369. The zero-order valence-corrected chi connectivity index (χ0v) is 12.7. The van der Waals surface area contributed by atoms with E-state index in [0.29, 0.717) is 18.8 Å². The summed E-state index contributed by atoms with van der Waals surface area (Å²) in [6.45, 7) is 2.08. The highest BCUT2D eigenvalue weighted by Crippen LogP contribution is 2.27. The Balaban J connectivity index is 1.63. The minimum Gasteiger partial charge on any atom is -0.373 e. The Hall–Kier alpha value is -2.74. The van der Waals surface area contributed by atoms with E-state index in [-0.39, 0.29) is 6.10 Å². The highest BCUT2D eigenvalue weighted by molar-refractivity contribution is 5.82. The van der Waals surface area contributed by atoms with Crippen molar-refractivity contribution in [3.63, 3.8) is 0 Å². The van der Waals surface area contributed by atoms with Crippen LogP contribution in [0.1, 0.15) is 11.8 Å². The molecule has 1 saturated heterocycles. The number of fused-ring (bicyclic) bond motifs is 1. The van der Waals surface area contributed by atoms with Crippen molar-refractivity contribution in [2.75, 3.05) is 37.0 Å². The van der Waals surface area contributed by atoms with Crippen LogP contribution in [0, 0.1) is 0 Å². The fraction of sp³-hybridized carbons (Fsp3) is 0.333. The van der Waals surface area contributed by atoms with Crippen LogP contribution in [0.25, 0.3) is 11.2 Å². The van der Waals surface area contributed by atoms with Gasteiger partial charge in [0.25, 0.3) is 0 Å². The molecule has 0 saturated carbocycles. The van der Waals surface area contributed by atoms with Gasteiger partial charge in [-0.1, -0.05) is 6.07 Å². The summed E-state index contributed by atoms with van der Waals surface area (Å²) in [5.74, 6) is 1.69. The molecule has 4 heterocycles. The molecule has 3 aromatic heterocycles. The molecule has 0 aliphatic carbocycles. The fourth-order valence-corrected chi connectivity index (χ4v) is 2.78. The van der Waals surface area contributed by atoms with Crippen LogP contribution >= 0.6 is 0 Å². The van der Waals surface area contributed by atoms with Crippen LogP contribution in [0.5, 0.6) is 0 Å². The van der Waals surface area contributed by atoms with E-state index in [9.17, 15) is 0 Å². The average molecular weight is 311 g/mol. The number of ether oxygens (including phenoxy) is 1. The number of rotatable bonds is 3. The zero-order valence-electron chi connectivity index (χ0n) is 12.7. The van der Waals surface area contributed by atoms with Crippen molar-refractivity contribution in [1.29, 1.82) is 0 Å². The smallest absolute Gasteiger partial charge is 0.182 e. The molecular formula is C15H17N7O. The molecular weight excluding hydrogens is 294 g/mol. The summed E-state index contributed by atoms with van der Waals surface area (Å²) in [5.41, 5.74) is 2.44. The first-order valence-corrected chi connectivity index (χ1v) is 7.50. The maximum Gasteiger partial charge on any atom is 0.182 e. The van der Waals surface area contributed by atoms with E-state index >= 15 is 0 Å². The number of aromatic nitrogens is 5. The quantitative estimate of drug-likeness (QED) is 0.754. The lowest BCUT2D eigenvalue weighted by Gasteiger charge is -2.33. The van der Waals surface area contributed by atoms with Gasteiger partial charge in [0.15, 0.2) is 11.5 Å². The van der Waals surface area contributed by atoms with Crippen molar-refractivity contribution in [2.24, 2.45) is 0 Å². The van der Waals surface area contributed by atoms with E-state index in [1.54, 1.807) is 12.7 Å². The highest BCUT2D eigenvalue weighted by atomic mass is 16.5. The monoisotopic (exact) mass is 311 g/mol. The molecule has 23 heavy (non-hydrogen) atoms. The Kier molecular flexibility index (Phi) is 3.51. The molecule has 118 valence electrons. The van der Waals surface area contributed by atoms with E-state index in [1.165, 1.54) is 0 Å². The van der Waals surface area contributed by atoms with E-state index in [0.717, 1.165) is 29.4 Å². The lowest BCUT2D eigenvalue weighted by Crippen LogP contribution is -2.39. The van der Waals surface area contributed by atoms with Crippen LogP contribution in [0.4, 0.5) is 11.6 Å². The van der Waals surface area contributed by atoms with Crippen molar-refractivity contribution >= 4 is 22.8 Å². The summed E-state index contributed by atoms with van der Waals surface area (Å²) in [6, 6.07) is 5.90. The molecule has 2 N–H and O–H groups in total. The topological polar surface area (TPSA) is 91.8 Å². The summed E-state index contributed by atoms with van der Waals surface area (Å²) in [7, 11) is 1.86. The molecule has 0 bridgehead atoms. The summed E-state index contributed by atoms with van der Waals surface area (Å²) in [5, 5.41) is 3.06. The molecule has 3 aromatic rings. The number of imidazole rings is 1. The number of hydrogen-bond donors (Lipinski definition) is 2. The van der Waals surface area contributed by atoms with Gasteiger partial charge in [-0.15, -0.1) is 0 Å². The standard InChI is InChI=1S/C15H17N7O/c1-16-12-4-2-3-10(21-12)11-7-22(5-6-23-11)15-13-14(18-8-17-13)19-9-20-15/h2-4,8-9,11H,5-7H2,1H3,(H,16,21)(H,17,18,19,20). The van der Waals surface area contributed by atoms with Crippen molar-refractivity contribution in [1.82, 2.24) is 24.9 Å². The number of pyridine rings is 1. The number of aromatic amines is 1. The molecule has 8 nitrogen and oxygen atoms in total. The largest absolute Gasteiger partial charge is 0.373 e. The summed E-state index contributed by atoms with van der Waals surface area (Å²) in [6.07, 6.45) is 3.09. The predicted octanol–water partition coefficient (Wildman–Crippen LogP) is 1.37. The van der Waals surface area contributed by atoms with Crippen molar-refractivity contribution < 1.29 is 4.74 Å². The van der Waals surface area contributed by atoms with Crippen molar-refractivity contribution in [3.05, 3.63) is 36.5 Å².